The van der Waals surface area contributed by atoms with Crippen molar-refractivity contribution in [3.63, 3.8) is 0 Å². The number of amides is 1. The Bertz CT molecular complexity index is 1160. The van der Waals surface area contributed by atoms with Gasteiger partial charge in [-0.15, -0.1) is 11.3 Å². The Balaban J connectivity index is 1.57. The van der Waals surface area contributed by atoms with Crippen LogP contribution < -0.4 is 9.04 Å². The maximum absolute atomic E-state index is 13.1. The summed E-state index contributed by atoms with van der Waals surface area (Å²) in [4.78, 5) is 16.3. The van der Waals surface area contributed by atoms with E-state index in [4.69, 9.17) is 4.74 Å². The van der Waals surface area contributed by atoms with Gasteiger partial charge in [0, 0.05) is 24.0 Å². The van der Waals surface area contributed by atoms with Crippen LogP contribution in [-0.4, -0.2) is 39.9 Å². The number of methoxy groups -OCH3 is 1. The third-order valence-corrected chi connectivity index (χ3v) is 8.33. The number of ether oxygens (including phenoxy) is 1. The maximum atomic E-state index is 13.1. The molecule has 4 rings (SSSR count). The fourth-order valence-electron chi connectivity index (χ4n) is 3.90. The molecule has 6 nitrogen and oxygen atoms in total. The zero-order chi connectivity index (χ0) is 22.0. The number of hydrogen-bond acceptors (Lipinski definition) is 5. The first-order valence-electron chi connectivity index (χ1n) is 10.00. The SMILES string of the molecule is COc1ccccc1N(C)S(=O)(=O)c1ccc(C(=O)N2CCC[C@@H]2c2cccs2)cc1. The Hall–Kier alpha value is -2.84. The van der Waals surface area contributed by atoms with Gasteiger partial charge >= 0.3 is 0 Å². The Kier molecular flexibility index (Phi) is 6.02. The Morgan fingerprint density at radius 2 is 1.84 bits per heavy atom. The average molecular weight is 457 g/mol. The monoisotopic (exact) mass is 456 g/mol. The molecule has 0 spiro atoms. The molecule has 0 N–H and O–H groups in total. The van der Waals surface area contributed by atoms with E-state index < -0.39 is 10.0 Å². The summed E-state index contributed by atoms with van der Waals surface area (Å²) < 4.78 is 32.7. The summed E-state index contributed by atoms with van der Waals surface area (Å²) >= 11 is 1.66. The van der Waals surface area contributed by atoms with Gasteiger partial charge in [0.05, 0.1) is 23.7 Å². The highest BCUT2D eigenvalue weighted by atomic mass is 32.2. The molecule has 1 aliphatic heterocycles. The standard InChI is InChI=1S/C23H24N2O4S2/c1-24(19-7-3-4-9-21(19)29-2)31(27,28)18-13-11-17(12-14-18)23(26)25-15-5-8-20(25)22-10-6-16-30-22/h3-4,6-7,9-14,16,20H,5,8,15H2,1-2H3/t20-/m1/s1. The molecule has 0 aliphatic carbocycles. The molecular weight excluding hydrogens is 432 g/mol. The van der Waals surface area contributed by atoms with Crippen LogP contribution in [0.3, 0.4) is 0 Å². The molecule has 0 saturated carbocycles. The number of nitrogens with zero attached hydrogens (tertiary/aromatic N) is 2. The van der Waals surface area contributed by atoms with Crippen molar-refractivity contribution < 1.29 is 17.9 Å². The number of benzene rings is 2. The summed E-state index contributed by atoms with van der Waals surface area (Å²) in [5.41, 5.74) is 0.934. The lowest BCUT2D eigenvalue weighted by atomic mass is 10.1. The third kappa shape index (κ3) is 4.05. The maximum Gasteiger partial charge on any atom is 0.264 e. The minimum absolute atomic E-state index is 0.0714. The van der Waals surface area contributed by atoms with E-state index in [1.54, 1.807) is 47.7 Å². The predicted molar refractivity (Wildman–Crippen MR) is 122 cm³/mol. The molecule has 8 heteroatoms. The Morgan fingerprint density at radius 1 is 1.10 bits per heavy atom. The van der Waals surface area contributed by atoms with Crippen LogP contribution in [0.4, 0.5) is 5.69 Å². The van der Waals surface area contributed by atoms with Crippen molar-refractivity contribution >= 4 is 33.0 Å². The normalized spacial score (nSPS) is 16.3. The van der Waals surface area contributed by atoms with Crippen molar-refractivity contribution in [2.24, 2.45) is 0 Å². The van der Waals surface area contributed by atoms with Crippen LogP contribution in [0.1, 0.15) is 34.1 Å². The van der Waals surface area contributed by atoms with Gasteiger partial charge in [0.1, 0.15) is 5.75 Å². The number of rotatable bonds is 6. The van der Waals surface area contributed by atoms with E-state index in [0.717, 1.165) is 12.8 Å². The van der Waals surface area contributed by atoms with E-state index in [9.17, 15) is 13.2 Å². The molecule has 1 fully saturated rings. The van der Waals surface area contributed by atoms with Gasteiger partial charge < -0.3 is 9.64 Å². The molecular formula is C23H24N2O4S2. The lowest BCUT2D eigenvalue weighted by Crippen LogP contribution is -2.30. The number of sulfonamides is 1. The number of anilines is 1. The quantitative estimate of drug-likeness (QED) is 0.545. The Morgan fingerprint density at radius 3 is 2.52 bits per heavy atom. The predicted octanol–water partition coefficient (Wildman–Crippen LogP) is 4.56. The lowest BCUT2D eigenvalue weighted by molar-refractivity contribution is 0.0738. The van der Waals surface area contributed by atoms with Gasteiger partial charge in [0.25, 0.3) is 15.9 Å². The zero-order valence-electron chi connectivity index (χ0n) is 17.4. The first kappa shape index (κ1) is 21.4. The molecule has 1 aliphatic rings. The van der Waals surface area contributed by atoms with E-state index in [1.807, 2.05) is 16.3 Å². The molecule has 31 heavy (non-hydrogen) atoms. The van der Waals surface area contributed by atoms with Gasteiger partial charge in [-0.05, 0) is 60.7 Å². The van der Waals surface area contributed by atoms with Crippen LogP contribution in [0.25, 0.3) is 0 Å². The lowest BCUT2D eigenvalue weighted by Gasteiger charge is -2.24. The minimum Gasteiger partial charge on any atom is -0.495 e. The number of likely N-dealkylation sites (tertiary alicyclic amines) is 1. The third-order valence-electron chi connectivity index (χ3n) is 5.57. The molecule has 1 amide bonds. The molecule has 1 saturated heterocycles. The van der Waals surface area contributed by atoms with Gasteiger partial charge in [0.15, 0.2) is 0 Å². The van der Waals surface area contributed by atoms with Crippen molar-refractivity contribution in [3.05, 3.63) is 76.5 Å². The van der Waals surface area contributed by atoms with Gasteiger partial charge in [-0.3, -0.25) is 9.10 Å². The fourth-order valence-corrected chi connectivity index (χ4v) is 5.98. The summed E-state index contributed by atoms with van der Waals surface area (Å²) in [6, 6.07) is 17.3. The highest BCUT2D eigenvalue weighted by Crippen LogP contribution is 2.36. The van der Waals surface area contributed by atoms with Gasteiger partial charge in [-0.1, -0.05) is 18.2 Å². The van der Waals surface area contributed by atoms with E-state index in [1.165, 1.54) is 35.5 Å². The van der Waals surface area contributed by atoms with Crippen LogP contribution in [0.2, 0.25) is 0 Å². The molecule has 3 aromatic rings. The molecule has 1 aromatic heterocycles. The molecule has 162 valence electrons. The van der Waals surface area contributed by atoms with Crippen LogP contribution in [0.5, 0.6) is 5.75 Å². The molecule has 2 aromatic carbocycles. The number of para-hydroxylation sites is 2. The van der Waals surface area contributed by atoms with E-state index >= 15 is 0 Å². The second kappa shape index (κ2) is 8.72. The second-order valence-corrected chi connectivity index (χ2v) is 10.3. The first-order valence-corrected chi connectivity index (χ1v) is 12.3. The fraction of sp³-hybridized carbons (Fsp3) is 0.261. The number of carbonyl (C=O) groups is 1. The highest BCUT2D eigenvalue weighted by molar-refractivity contribution is 7.92. The minimum atomic E-state index is -3.80. The van der Waals surface area contributed by atoms with Crippen LogP contribution in [-0.2, 0) is 10.0 Å². The molecule has 0 radical (unpaired) electrons. The summed E-state index contributed by atoms with van der Waals surface area (Å²) in [6.45, 7) is 0.706. The van der Waals surface area contributed by atoms with Gasteiger partial charge in [-0.2, -0.15) is 0 Å². The average Bonchev–Trinajstić information content (AvgIpc) is 3.50. The smallest absolute Gasteiger partial charge is 0.264 e. The summed E-state index contributed by atoms with van der Waals surface area (Å²) in [7, 11) is -0.813. The van der Waals surface area contributed by atoms with Crippen molar-refractivity contribution in [2.75, 3.05) is 25.0 Å². The summed E-state index contributed by atoms with van der Waals surface area (Å²) in [6.07, 6.45) is 1.91. The second-order valence-electron chi connectivity index (χ2n) is 7.34. The van der Waals surface area contributed by atoms with Crippen molar-refractivity contribution in [3.8, 4) is 5.75 Å². The van der Waals surface area contributed by atoms with Crippen LogP contribution >= 0.6 is 11.3 Å². The molecule has 2 heterocycles. The van der Waals surface area contributed by atoms with E-state index in [-0.39, 0.29) is 16.8 Å². The highest BCUT2D eigenvalue weighted by Gasteiger charge is 2.31. The van der Waals surface area contributed by atoms with Crippen molar-refractivity contribution in [1.82, 2.24) is 4.90 Å². The van der Waals surface area contributed by atoms with E-state index in [0.29, 0.717) is 23.5 Å². The van der Waals surface area contributed by atoms with Crippen LogP contribution in [0.15, 0.2) is 70.9 Å². The van der Waals surface area contributed by atoms with Gasteiger partial charge in [0.2, 0.25) is 0 Å². The molecule has 1 atom stereocenters. The first-order chi connectivity index (χ1) is 14.9. The van der Waals surface area contributed by atoms with Crippen molar-refractivity contribution in [2.45, 2.75) is 23.8 Å². The van der Waals surface area contributed by atoms with E-state index in [2.05, 4.69) is 6.07 Å². The number of carbonyl (C=O) groups excluding carboxylic acids is 1. The van der Waals surface area contributed by atoms with Gasteiger partial charge in [-0.25, -0.2) is 8.42 Å². The zero-order valence-corrected chi connectivity index (χ0v) is 19.0. The molecule has 0 bridgehead atoms. The van der Waals surface area contributed by atoms with Crippen LogP contribution in [0, 0.1) is 0 Å². The number of hydrogen-bond donors (Lipinski definition) is 0. The molecule has 0 unspecified atom stereocenters. The largest absolute Gasteiger partial charge is 0.495 e. The number of thiophene rings is 1. The Labute approximate surface area is 186 Å². The summed E-state index contributed by atoms with van der Waals surface area (Å²) in [5.74, 6) is 0.395. The summed E-state index contributed by atoms with van der Waals surface area (Å²) in [5, 5.41) is 2.02. The topological polar surface area (TPSA) is 66.9 Å². The van der Waals surface area contributed by atoms with Crippen molar-refractivity contribution in [1.29, 1.82) is 0 Å².